The normalized spacial score (nSPS) is 21.2. The number of carbonyl (C=O) groups excluding carboxylic acids is 2. The fourth-order valence-electron chi connectivity index (χ4n) is 3.12. The van der Waals surface area contributed by atoms with E-state index in [1.807, 2.05) is 25.1 Å². The third kappa shape index (κ3) is 4.00. The molecule has 1 aliphatic rings. The van der Waals surface area contributed by atoms with E-state index < -0.39 is 0 Å². The van der Waals surface area contributed by atoms with Crippen LogP contribution in [0.3, 0.4) is 0 Å². The molecule has 0 aliphatic heterocycles. The number of rotatable bonds is 5. The smallest absolute Gasteiger partial charge is 0.224 e. The third-order valence-electron chi connectivity index (χ3n) is 4.26. The molecular weight excluding hydrogens is 280 g/mol. The average molecular weight is 304 g/mol. The fraction of sp³-hybridized carbons (Fsp3) is 0.529. The molecule has 1 fully saturated rings. The number of methoxy groups -OCH3 is 1. The number of primary amides is 1. The SMILES string of the molecule is COc1ccc(C)cc1CC(=O)NC1CCCCC1C(N)=O. The lowest BCUT2D eigenvalue weighted by Crippen LogP contribution is -2.47. The molecule has 2 rings (SSSR count). The molecular formula is C17H24N2O3. The average Bonchev–Trinajstić information content (AvgIpc) is 2.47. The van der Waals surface area contributed by atoms with Gasteiger partial charge < -0.3 is 15.8 Å². The second kappa shape index (κ2) is 7.29. The molecule has 0 radical (unpaired) electrons. The van der Waals surface area contributed by atoms with Gasteiger partial charge in [-0.2, -0.15) is 0 Å². The lowest BCUT2D eigenvalue weighted by atomic mass is 9.84. The minimum absolute atomic E-state index is 0.0953. The molecule has 120 valence electrons. The third-order valence-corrected chi connectivity index (χ3v) is 4.26. The number of aryl methyl sites for hydroxylation is 1. The van der Waals surface area contributed by atoms with Gasteiger partial charge in [0, 0.05) is 11.6 Å². The Morgan fingerprint density at radius 1 is 1.32 bits per heavy atom. The van der Waals surface area contributed by atoms with E-state index in [0.717, 1.165) is 36.8 Å². The molecule has 1 aromatic carbocycles. The van der Waals surface area contributed by atoms with Crippen LogP contribution in [0.15, 0.2) is 18.2 Å². The van der Waals surface area contributed by atoms with Gasteiger partial charge in [-0.3, -0.25) is 9.59 Å². The summed E-state index contributed by atoms with van der Waals surface area (Å²) in [5.41, 5.74) is 7.37. The standard InChI is InChI=1S/C17H24N2O3/c1-11-7-8-15(22-2)12(9-11)10-16(20)19-14-6-4-3-5-13(14)17(18)21/h7-9,13-14H,3-6,10H2,1-2H3,(H2,18,21)(H,19,20). The minimum atomic E-state index is -0.321. The molecule has 2 atom stereocenters. The lowest BCUT2D eigenvalue weighted by Gasteiger charge is -2.30. The topological polar surface area (TPSA) is 81.4 Å². The fourth-order valence-corrected chi connectivity index (χ4v) is 3.12. The van der Waals surface area contributed by atoms with Gasteiger partial charge in [0.25, 0.3) is 0 Å². The maximum atomic E-state index is 12.3. The van der Waals surface area contributed by atoms with Crippen LogP contribution in [-0.2, 0) is 16.0 Å². The van der Waals surface area contributed by atoms with E-state index in [2.05, 4.69) is 5.32 Å². The van der Waals surface area contributed by atoms with Crippen LogP contribution < -0.4 is 15.8 Å². The van der Waals surface area contributed by atoms with Gasteiger partial charge in [0.1, 0.15) is 5.75 Å². The first-order chi connectivity index (χ1) is 10.5. The van der Waals surface area contributed by atoms with Crippen LogP contribution in [-0.4, -0.2) is 25.0 Å². The maximum Gasteiger partial charge on any atom is 0.224 e. The Bertz CT molecular complexity index is 557. The molecule has 0 saturated heterocycles. The van der Waals surface area contributed by atoms with Gasteiger partial charge in [-0.1, -0.05) is 30.5 Å². The highest BCUT2D eigenvalue weighted by atomic mass is 16.5. The summed E-state index contributed by atoms with van der Waals surface area (Å²) in [6.07, 6.45) is 3.82. The van der Waals surface area contributed by atoms with E-state index in [-0.39, 0.29) is 30.2 Å². The molecule has 2 unspecified atom stereocenters. The Balaban J connectivity index is 2.03. The summed E-state index contributed by atoms with van der Waals surface area (Å²) in [4.78, 5) is 23.8. The van der Waals surface area contributed by atoms with Crippen molar-refractivity contribution in [1.82, 2.24) is 5.32 Å². The van der Waals surface area contributed by atoms with E-state index in [1.54, 1.807) is 7.11 Å². The number of nitrogens with one attached hydrogen (secondary N) is 1. The summed E-state index contributed by atoms with van der Waals surface area (Å²) in [7, 11) is 1.59. The highest BCUT2D eigenvalue weighted by molar-refractivity contribution is 5.82. The Hall–Kier alpha value is -2.04. The van der Waals surface area contributed by atoms with Gasteiger partial charge in [0.2, 0.25) is 11.8 Å². The minimum Gasteiger partial charge on any atom is -0.496 e. The van der Waals surface area contributed by atoms with Gasteiger partial charge in [-0.25, -0.2) is 0 Å². The van der Waals surface area contributed by atoms with E-state index in [4.69, 9.17) is 10.5 Å². The number of ether oxygens (including phenoxy) is 1. The molecule has 0 aromatic heterocycles. The quantitative estimate of drug-likeness (QED) is 0.869. The zero-order valence-electron chi connectivity index (χ0n) is 13.2. The van der Waals surface area contributed by atoms with Gasteiger partial charge in [-0.15, -0.1) is 0 Å². The summed E-state index contributed by atoms with van der Waals surface area (Å²) in [6, 6.07) is 5.62. The van der Waals surface area contributed by atoms with Crippen LogP contribution in [0.4, 0.5) is 0 Å². The van der Waals surface area contributed by atoms with Gasteiger partial charge in [0.05, 0.1) is 19.4 Å². The Morgan fingerprint density at radius 2 is 2.05 bits per heavy atom. The Morgan fingerprint density at radius 3 is 2.73 bits per heavy atom. The predicted octanol–water partition coefficient (Wildman–Crippen LogP) is 1.71. The van der Waals surface area contributed by atoms with Gasteiger partial charge >= 0.3 is 0 Å². The van der Waals surface area contributed by atoms with Crippen molar-refractivity contribution < 1.29 is 14.3 Å². The Labute approximate surface area is 131 Å². The molecule has 0 heterocycles. The molecule has 0 spiro atoms. The first-order valence-electron chi connectivity index (χ1n) is 7.73. The van der Waals surface area contributed by atoms with Crippen LogP contribution in [0, 0.1) is 12.8 Å². The molecule has 22 heavy (non-hydrogen) atoms. The largest absolute Gasteiger partial charge is 0.496 e. The van der Waals surface area contributed by atoms with Crippen molar-refractivity contribution in [3.63, 3.8) is 0 Å². The molecule has 1 aromatic rings. The molecule has 1 saturated carbocycles. The van der Waals surface area contributed by atoms with Crippen molar-refractivity contribution in [3.8, 4) is 5.75 Å². The summed E-state index contributed by atoms with van der Waals surface area (Å²) in [6.45, 7) is 1.98. The van der Waals surface area contributed by atoms with Gasteiger partial charge in [0.15, 0.2) is 0 Å². The molecule has 3 N–H and O–H groups in total. The maximum absolute atomic E-state index is 12.3. The number of amides is 2. The van der Waals surface area contributed by atoms with Crippen LogP contribution >= 0.6 is 0 Å². The number of carbonyl (C=O) groups is 2. The van der Waals surface area contributed by atoms with Crippen LogP contribution in [0.5, 0.6) is 5.75 Å². The zero-order valence-corrected chi connectivity index (χ0v) is 13.2. The first-order valence-corrected chi connectivity index (χ1v) is 7.73. The summed E-state index contributed by atoms with van der Waals surface area (Å²) in [5.74, 6) is 0.0353. The highest BCUT2D eigenvalue weighted by Crippen LogP contribution is 2.25. The lowest BCUT2D eigenvalue weighted by molar-refractivity contribution is -0.125. The molecule has 2 amide bonds. The number of benzene rings is 1. The summed E-state index contributed by atoms with van der Waals surface area (Å²) >= 11 is 0. The van der Waals surface area contributed by atoms with Crippen LogP contribution in [0.2, 0.25) is 0 Å². The number of nitrogens with two attached hydrogens (primary N) is 1. The van der Waals surface area contributed by atoms with Crippen molar-refractivity contribution in [2.75, 3.05) is 7.11 Å². The summed E-state index contributed by atoms with van der Waals surface area (Å²) < 4.78 is 5.30. The van der Waals surface area contributed by atoms with Crippen LogP contribution in [0.25, 0.3) is 0 Å². The number of hydrogen-bond donors (Lipinski definition) is 2. The van der Waals surface area contributed by atoms with Crippen molar-refractivity contribution in [1.29, 1.82) is 0 Å². The monoisotopic (exact) mass is 304 g/mol. The predicted molar refractivity (Wildman–Crippen MR) is 84.5 cm³/mol. The molecule has 1 aliphatic carbocycles. The second-order valence-corrected chi connectivity index (χ2v) is 5.96. The Kier molecular flexibility index (Phi) is 5.41. The van der Waals surface area contributed by atoms with Crippen LogP contribution in [0.1, 0.15) is 36.8 Å². The van der Waals surface area contributed by atoms with Crippen molar-refractivity contribution in [2.24, 2.45) is 11.7 Å². The van der Waals surface area contributed by atoms with Crippen molar-refractivity contribution in [3.05, 3.63) is 29.3 Å². The van der Waals surface area contributed by atoms with E-state index >= 15 is 0 Å². The van der Waals surface area contributed by atoms with Gasteiger partial charge in [-0.05, 0) is 25.8 Å². The molecule has 0 bridgehead atoms. The first kappa shape index (κ1) is 16.3. The molecule has 5 nitrogen and oxygen atoms in total. The summed E-state index contributed by atoms with van der Waals surface area (Å²) in [5, 5.41) is 2.97. The molecule has 5 heteroatoms. The number of hydrogen-bond acceptors (Lipinski definition) is 3. The van der Waals surface area contributed by atoms with E-state index in [1.165, 1.54) is 0 Å². The van der Waals surface area contributed by atoms with E-state index in [9.17, 15) is 9.59 Å². The van der Waals surface area contributed by atoms with Crippen molar-refractivity contribution in [2.45, 2.75) is 45.1 Å². The van der Waals surface area contributed by atoms with E-state index in [0.29, 0.717) is 5.75 Å². The van der Waals surface area contributed by atoms with Crippen molar-refractivity contribution >= 4 is 11.8 Å². The highest BCUT2D eigenvalue weighted by Gasteiger charge is 2.30. The zero-order chi connectivity index (χ0) is 16.1. The second-order valence-electron chi connectivity index (χ2n) is 5.96.